The van der Waals surface area contributed by atoms with Crippen molar-refractivity contribution >= 4 is 17.2 Å². The highest BCUT2D eigenvalue weighted by molar-refractivity contribution is 6.09. The minimum Gasteiger partial charge on any atom is -0.497 e. The number of hydrogen-bond donors (Lipinski definition) is 1. The van der Waals surface area contributed by atoms with Crippen molar-refractivity contribution in [3.8, 4) is 5.75 Å². The van der Waals surface area contributed by atoms with E-state index in [0.29, 0.717) is 5.56 Å². The van der Waals surface area contributed by atoms with Gasteiger partial charge in [0.25, 0.3) is 0 Å². The molecule has 0 bridgehead atoms. The molecule has 3 nitrogen and oxygen atoms in total. The Morgan fingerprint density at radius 2 is 1.40 bits per heavy atom. The summed E-state index contributed by atoms with van der Waals surface area (Å²) in [6, 6.07) is 26.6. The molecule has 0 radical (unpaired) electrons. The number of ether oxygens (including phenoxy) is 1. The summed E-state index contributed by atoms with van der Waals surface area (Å²) in [6.07, 6.45) is 1.63. The van der Waals surface area contributed by atoms with Crippen molar-refractivity contribution in [3.05, 3.63) is 102 Å². The number of carbonyl (C=O) groups excluding carboxylic acids is 1. The molecular weight excluding hydrogens is 310 g/mol. The number of benzene rings is 3. The standard InChI is InChI=1S/C22H19NO2/c1-25-20-14-12-17(13-15-20)21(23-19-10-6-3-7-11-19)16-22(24)18-8-4-2-5-9-18/h2-16,23H,1H3/b21-16-. The summed E-state index contributed by atoms with van der Waals surface area (Å²) >= 11 is 0. The predicted octanol–water partition coefficient (Wildman–Crippen LogP) is 5.03. The van der Waals surface area contributed by atoms with Gasteiger partial charge >= 0.3 is 0 Å². The molecule has 0 unspecified atom stereocenters. The summed E-state index contributed by atoms with van der Waals surface area (Å²) in [7, 11) is 1.63. The summed E-state index contributed by atoms with van der Waals surface area (Å²) in [4.78, 5) is 12.6. The van der Waals surface area contributed by atoms with Gasteiger partial charge in [-0.1, -0.05) is 48.5 Å². The zero-order valence-corrected chi connectivity index (χ0v) is 14.0. The third kappa shape index (κ3) is 4.36. The predicted molar refractivity (Wildman–Crippen MR) is 102 cm³/mol. The second-order valence-electron chi connectivity index (χ2n) is 5.51. The van der Waals surface area contributed by atoms with Crippen molar-refractivity contribution in [3.63, 3.8) is 0 Å². The molecule has 1 N–H and O–H groups in total. The van der Waals surface area contributed by atoms with E-state index in [2.05, 4.69) is 5.32 Å². The normalized spacial score (nSPS) is 11.0. The number of nitrogens with one attached hydrogen (secondary N) is 1. The summed E-state index contributed by atoms with van der Waals surface area (Å²) < 4.78 is 5.21. The van der Waals surface area contributed by atoms with Crippen LogP contribution in [0, 0.1) is 0 Å². The Labute approximate surface area is 147 Å². The summed E-state index contributed by atoms with van der Waals surface area (Å²) in [6.45, 7) is 0. The van der Waals surface area contributed by atoms with Gasteiger partial charge in [-0.05, 0) is 42.0 Å². The van der Waals surface area contributed by atoms with Crippen LogP contribution < -0.4 is 10.1 Å². The Morgan fingerprint density at radius 3 is 2.00 bits per heavy atom. The minimum absolute atomic E-state index is 0.0464. The number of methoxy groups -OCH3 is 1. The number of ketones is 1. The lowest BCUT2D eigenvalue weighted by molar-refractivity contribution is 0.104. The highest BCUT2D eigenvalue weighted by atomic mass is 16.5. The van der Waals surface area contributed by atoms with E-state index in [1.165, 1.54) is 0 Å². The summed E-state index contributed by atoms with van der Waals surface area (Å²) in [5.41, 5.74) is 3.23. The van der Waals surface area contributed by atoms with Gasteiger partial charge in [0, 0.05) is 23.0 Å². The molecular formula is C22H19NO2. The molecule has 0 spiro atoms. The number of allylic oxidation sites excluding steroid dienone is 1. The average Bonchev–Trinajstić information content (AvgIpc) is 2.69. The first-order chi connectivity index (χ1) is 12.3. The van der Waals surface area contributed by atoms with E-state index in [0.717, 1.165) is 22.7 Å². The molecule has 0 amide bonds. The largest absolute Gasteiger partial charge is 0.497 e. The van der Waals surface area contributed by atoms with Crippen LogP contribution in [0.5, 0.6) is 5.75 Å². The van der Waals surface area contributed by atoms with Crippen LogP contribution in [0.1, 0.15) is 15.9 Å². The second-order valence-corrected chi connectivity index (χ2v) is 5.51. The number of anilines is 1. The Kier molecular flexibility index (Phi) is 5.27. The zero-order valence-electron chi connectivity index (χ0n) is 14.0. The van der Waals surface area contributed by atoms with Crippen molar-refractivity contribution in [2.75, 3.05) is 12.4 Å². The third-order valence-electron chi connectivity index (χ3n) is 3.79. The molecule has 25 heavy (non-hydrogen) atoms. The summed E-state index contributed by atoms with van der Waals surface area (Å²) in [5.74, 6) is 0.729. The molecule has 0 saturated heterocycles. The molecule has 3 aromatic carbocycles. The van der Waals surface area contributed by atoms with Gasteiger partial charge in [0.15, 0.2) is 5.78 Å². The first-order valence-corrected chi connectivity index (χ1v) is 8.04. The fourth-order valence-electron chi connectivity index (χ4n) is 2.46. The fraction of sp³-hybridized carbons (Fsp3) is 0.0455. The maximum atomic E-state index is 12.6. The quantitative estimate of drug-likeness (QED) is 0.509. The highest BCUT2D eigenvalue weighted by Gasteiger charge is 2.08. The van der Waals surface area contributed by atoms with Crippen LogP contribution in [0.15, 0.2) is 91.0 Å². The Bertz CT molecular complexity index is 854. The SMILES string of the molecule is COc1ccc(/C(=C/C(=O)c2ccccc2)Nc2ccccc2)cc1. The van der Waals surface area contributed by atoms with Gasteiger partial charge in [0.2, 0.25) is 0 Å². The Hall–Kier alpha value is -3.33. The topological polar surface area (TPSA) is 38.3 Å². The van der Waals surface area contributed by atoms with Crippen molar-refractivity contribution in [1.29, 1.82) is 0 Å². The number of hydrogen-bond acceptors (Lipinski definition) is 3. The molecule has 0 aliphatic rings. The smallest absolute Gasteiger partial charge is 0.187 e. The lowest BCUT2D eigenvalue weighted by Gasteiger charge is -2.12. The lowest BCUT2D eigenvalue weighted by Crippen LogP contribution is -2.03. The molecule has 0 aromatic heterocycles. The molecule has 0 saturated carbocycles. The molecule has 124 valence electrons. The van der Waals surface area contributed by atoms with E-state index in [9.17, 15) is 4.79 Å². The van der Waals surface area contributed by atoms with Gasteiger partial charge in [0.1, 0.15) is 5.75 Å². The van der Waals surface area contributed by atoms with E-state index < -0.39 is 0 Å². The van der Waals surface area contributed by atoms with Gasteiger partial charge in [-0.2, -0.15) is 0 Å². The minimum atomic E-state index is -0.0464. The van der Waals surface area contributed by atoms with E-state index in [1.54, 1.807) is 13.2 Å². The van der Waals surface area contributed by atoms with Crippen LogP contribution in [0.3, 0.4) is 0 Å². The van der Waals surface area contributed by atoms with Gasteiger partial charge < -0.3 is 10.1 Å². The lowest BCUT2D eigenvalue weighted by atomic mass is 10.1. The van der Waals surface area contributed by atoms with Crippen LogP contribution in [0.25, 0.3) is 5.70 Å². The fourth-order valence-corrected chi connectivity index (χ4v) is 2.46. The molecule has 0 aliphatic carbocycles. The van der Waals surface area contributed by atoms with Gasteiger partial charge in [-0.25, -0.2) is 0 Å². The van der Waals surface area contributed by atoms with Gasteiger partial charge in [-0.15, -0.1) is 0 Å². The van der Waals surface area contributed by atoms with E-state index in [4.69, 9.17) is 4.74 Å². The van der Waals surface area contributed by atoms with Crippen molar-refractivity contribution in [1.82, 2.24) is 0 Å². The van der Waals surface area contributed by atoms with Crippen LogP contribution in [-0.4, -0.2) is 12.9 Å². The molecule has 0 heterocycles. The molecule has 0 atom stereocenters. The molecule has 0 aliphatic heterocycles. The maximum Gasteiger partial charge on any atom is 0.187 e. The molecule has 3 rings (SSSR count). The van der Waals surface area contributed by atoms with E-state index in [-0.39, 0.29) is 5.78 Å². The monoisotopic (exact) mass is 329 g/mol. The van der Waals surface area contributed by atoms with E-state index in [1.807, 2.05) is 84.9 Å². The second kappa shape index (κ2) is 7.97. The zero-order chi connectivity index (χ0) is 17.5. The van der Waals surface area contributed by atoms with Crippen LogP contribution in [0.4, 0.5) is 5.69 Å². The number of rotatable bonds is 6. The average molecular weight is 329 g/mol. The van der Waals surface area contributed by atoms with Gasteiger partial charge in [0.05, 0.1) is 7.11 Å². The van der Waals surface area contributed by atoms with E-state index >= 15 is 0 Å². The van der Waals surface area contributed by atoms with Crippen molar-refractivity contribution < 1.29 is 9.53 Å². The number of para-hydroxylation sites is 1. The first kappa shape index (κ1) is 16.5. The molecule has 0 fully saturated rings. The van der Waals surface area contributed by atoms with Crippen LogP contribution >= 0.6 is 0 Å². The van der Waals surface area contributed by atoms with Crippen molar-refractivity contribution in [2.24, 2.45) is 0 Å². The third-order valence-corrected chi connectivity index (χ3v) is 3.79. The van der Waals surface area contributed by atoms with Crippen LogP contribution in [-0.2, 0) is 0 Å². The molecule has 3 heteroatoms. The Balaban J connectivity index is 1.95. The first-order valence-electron chi connectivity index (χ1n) is 8.04. The maximum absolute atomic E-state index is 12.6. The van der Waals surface area contributed by atoms with Crippen LogP contribution in [0.2, 0.25) is 0 Å². The summed E-state index contributed by atoms with van der Waals surface area (Å²) in [5, 5.41) is 3.33. The number of carbonyl (C=O) groups is 1. The highest BCUT2D eigenvalue weighted by Crippen LogP contribution is 2.22. The van der Waals surface area contributed by atoms with Crippen molar-refractivity contribution in [2.45, 2.75) is 0 Å². The van der Waals surface area contributed by atoms with Gasteiger partial charge in [-0.3, -0.25) is 4.79 Å². The molecule has 3 aromatic rings. The Morgan fingerprint density at radius 1 is 0.800 bits per heavy atom.